The van der Waals surface area contributed by atoms with Crippen molar-refractivity contribution in [3.05, 3.63) is 24.5 Å². The van der Waals surface area contributed by atoms with Crippen LogP contribution < -0.4 is 0 Å². The van der Waals surface area contributed by atoms with E-state index in [1.807, 2.05) is 0 Å². The van der Waals surface area contributed by atoms with Gasteiger partial charge in [-0.1, -0.05) is 6.08 Å². The van der Waals surface area contributed by atoms with Gasteiger partial charge in [0.1, 0.15) is 6.10 Å². The van der Waals surface area contributed by atoms with Crippen molar-refractivity contribution in [1.82, 2.24) is 0 Å². The van der Waals surface area contributed by atoms with E-state index in [1.165, 1.54) is 13.0 Å². The van der Waals surface area contributed by atoms with E-state index >= 15 is 0 Å². The smallest absolute Gasteiger partial charge is 0.102 e. The summed E-state index contributed by atoms with van der Waals surface area (Å²) in [4.78, 5) is 0. The molecule has 0 spiro atoms. The Bertz CT molecular complexity index is 184. The quantitative estimate of drug-likeness (QED) is 0.360. The molecule has 0 radical (unpaired) electrons. The predicted molar refractivity (Wildman–Crippen MR) is 49.2 cm³/mol. The lowest BCUT2D eigenvalue weighted by Crippen LogP contribution is -2.33. The first-order chi connectivity index (χ1) is 6.02. The van der Waals surface area contributed by atoms with E-state index < -0.39 is 18.1 Å². The molecule has 0 rings (SSSR count). The van der Waals surface area contributed by atoms with Crippen LogP contribution in [0.15, 0.2) is 24.5 Å². The average molecular weight is 188 g/mol. The number of rotatable bonds is 5. The van der Waals surface area contributed by atoms with Crippen LogP contribution in [0, 0.1) is 5.92 Å². The van der Waals surface area contributed by atoms with Gasteiger partial charge in [0.15, 0.2) is 0 Å². The van der Waals surface area contributed by atoms with E-state index in [4.69, 9.17) is 10.2 Å². The van der Waals surface area contributed by atoms with Crippen LogP contribution in [0.4, 0.5) is 0 Å². The molecule has 3 atom stereocenters. The molecule has 0 bridgehead atoms. The SMILES string of the molecule is C=CC(CO)C(O)C(O)/C=C(\C)O. The molecular weight excluding hydrogens is 172 g/mol. The van der Waals surface area contributed by atoms with Gasteiger partial charge in [-0.25, -0.2) is 0 Å². The molecule has 3 unspecified atom stereocenters. The second-order valence-electron chi connectivity index (χ2n) is 2.87. The molecule has 0 fully saturated rings. The molecule has 0 saturated carbocycles. The van der Waals surface area contributed by atoms with Crippen LogP contribution in [0.25, 0.3) is 0 Å². The highest BCUT2D eigenvalue weighted by Gasteiger charge is 2.21. The molecule has 4 heteroatoms. The number of aliphatic hydroxyl groups excluding tert-OH is 4. The normalized spacial score (nSPS) is 19.2. The van der Waals surface area contributed by atoms with Gasteiger partial charge in [-0.05, 0) is 13.0 Å². The minimum atomic E-state index is -1.19. The average Bonchev–Trinajstić information content (AvgIpc) is 2.05. The van der Waals surface area contributed by atoms with Crippen LogP contribution >= 0.6 is 0 Å². The van der Waals surface area contributed by atoms with Crippen LogP contribution in [0.5, 0.6) is 0 Å². The minimum Gasteiger partial charge on any atom is -0.513 e. The zero-order valence-electron chi connectivity index (χ0n) is 7.59. The van der Waals surface area contributed by atoms with Gasteiger partial charge in [-0.15, -0.1) is 6.58 Å². The van der Waals surface area contributed by atoms with Gasteiger partial charge in [-0.2, -0.15) is 0 Å². The lowest BCUT2D eigenvalue weighted by atomic mass is 9.98. The summed E-state index contributed by atoms with van der Waals surface area (Å²) in [6, 6.07) is 0. The van der Waals surface area contributed by atoms with Gasteiger partial charge >= 0.3 is 0 Å². The summed E-state index contributed by atoms with van der Waals surface area (Å²) < 4.78 is 0. The summed E-state index contributed by atoms with van der Waals surface area (Å²) >= 11 is 0. The van der Waals surface area contributed by atoms with E-state index in [0.717, 1.165) is 6.08 Å². The first-order valence-corrected chi connectivity index (χ1v) is 3.99. The fourth-order valence-corrected chi connectivity index (χ4v) is 0.921. The van der Waals surface area contributed by atoms with E-state index in [1.54, 1.807) is 0 Å². The standard InChI is InChI=1S/C9H16O4/c1-3-7(5-10)9(13)8(12)4-6(2)11/h3-4,7-13H,1,5H2,2H3/b6-4+. The van der Waals surface area contributed by atoms with Crippen molar-refractivity contribution < 1.29 is 20.4 Å². The van der Waals surface area contributed by atoms with Crippen molar-refractivity contribution in [2.45, 2.75) is 19.1 Å². The number of hydrogen-bond acceptors (Lipinski definition) is 4. The molecule has 0 saturated heterocycles. The van der Waals surface area contributed by atoms with Gasteiger partial charge in [0, 0.05) is 5.92 Å². The Labute approximate surface area is 77.5 Å². The Kier molecular flexibility index (Phi) is 5.37. The second-order valence-corrected chi connectivity index (χ2v) is 2.87. The van der Waals surface area contributed by atoms with E-state index in [0.29, 0.717) is 0 Å². The first-order valence-electron chi connectivity index (χ1n) is 3.99. The van der Waals surface area contributed by atoms with Crippen LogP contribution in [0.2, 0.25) is 0 Å². The Morgan fingerprint density at radius 3 is 2.31 bits per heavy atom. The lowest BCUT2D eigenvalue weighted by Gasteiger charge is -2.20. The van der Waals surface area contributed by atoms with Crippen LogP contribution in [-0.2, 0) is 0 Å². The molecule has 0 aliphatic rings. The highest BCUT2D eigenvalue weighted by atomic mass is 16.3. The lowest BCUT2D eigenvalue weighted by molar-refractivity contribution is 0.00407. The zero-order valence-corrected chi connectivity index (χ0v) is 7.59. The van der Waals surface area contributed by atoms with Crippen LogP contribution in [0.3, 0.4) is 0 Å². The molecule has 0 aromatic carbocycles. The maximum Gasteiger partial charge on any atom is 0.102 e. The number of hydrogen-bond donors (Lipinski definition) is 4. The fourth-order valence-electron chi connectivity index (χ4n) is 0.921. The third-order valence-electron chi connectivity index (χ3n) is 1.71. The Morgan fingerprint density at radius 2 is 2.00 bits per heavy atom. The number of aliphatic hydroxyl groups is 4. The summed E-state index contributed by atoms with van der Waals surface area (Å²) in [6.45, 7) is 4.50. The first kappa shape index (κ1) is 12.2. The molecule has 13 heavy (non-hydrogen) atoms. The van der Waals surface area contributed by atoms with Crippen LogP contribution in [0.1, 0.15) is 6.92 Å². The van der Waals surface area contributed by atoms with Crippen LogP contribution in [-0.4, -0.2) is 39.2 Å². The van der Waals surface area contributed by atoms with Gasteiger partial charge in [0.25, 0.3) is 0 Å². The molecule has 0 aromatic rings. The Hall–Kier alpha value is -0.840. The van der Waals surface area contributed by atoms with E-state index in [2.05, 4.69) is 6.58 Å². The van der Waals surface area contributed by atoms with Crippen molar-refractivity contribution in [2.24, 2.45) is 5.92 Å². The summed E-state index contributed by atoms with van der Waals surface area (Å²) in [5.41, 5.74) is 0. The highest BCUT2D eigenvalue weighted by molar-refractivity contribution is 4.99. The molecule has 0 aromatic heterocycles. The molecule has 76 valence electrons. The molecular formula is C9H16O4. The van der Waals surface area contributed by atoms with Crippen molar-refractivity contribution >= 4 is 0 Å². The summed E-state index contributed by atoms with van der Waals surface area (Å²) in [7, 11) is 0. The summed E-state index contributed by atoms with van der Waals surface area (Å²) in [6.07, 6.45) is 0.121. The van der Waals surface area contributed by atoms with Gasteiger partial charge in [0.05, 0.1) is 18.5 Å². The maximum atomic E-state index is 9.39. The molecule has 4 N–H and O–H groups in total. The van der Waals surface area contributed by atoms with Crippen molar-refractivity contribution in [1.29, 1.82) is 0 Å². The molecule has 0 aliphatic heterocycles. The van der Waals surface area contributed by atoms with Crippen molar-refractivity contribution in [3.63, 3.8) is 0 Å². The van der Waals surface area contributed by atoms with Crippen molar-refractivity contribution in [3.8, 4) is 0 Å². The van der Waals surface area contributed by atoms with E-state index in [-0.39, 0.29) is 12.4 Å². The molecule has 4 nitrogen and oxygen atoms in total. The third kappa shape index (κ3) is 4.07. The molecule has 0 aliphatic carbocycles. The number of allylic oxidation sites excluding steroid dienone is 1. The summed E-state index contributed by atoms with van der Waals surface area (Å²) in [5, 5.41) is 36.2. The second kappa shape index (κ2) is 5.75. The van der Waals surface area contributed by atoms with Crippen molar-refractivity contribution in [2.75, 3.05) is 6.61 Å². The fraction of sp³-hybridized carbons (Fsp3) is 0.556. The highest BCUT2D eigenvalue weighted by Crippen LogP contribution is 2.10. The Balaban J connectivity index is 4.30. The van der Waals surface area contributed by atoms with E-state index in [9.17, 15) is 10.2 Å². The van der Waals surface area contributed by atoms with Gasteiger partial charge < -0.3 is 20.4 Å². The maximum absolute atomic E-state index is 9.39. The minimum absolute atomic E-state index is 0.0766. The monoisotopic (exact) mass is 188 g/mol. The zero-order chi connectivity index (χ0) is 10.4. The Morgan fingerprint density at radius 1 is 1.46 bits per heavy atom. The predicted octanol–water partition coefficient (Wildman–Crippen LogP) is -0.0355. The largest absolute Gasteiger partial charge is 0.513 e. The summed E-state index contributed by atoms with van der Waals surface area (Å²) in [5.74, 6) is -0.669. The topological polar surface area (TPSA) is 80.9 Å². The molecule has 0 heterocycles. The third-order valence-corrected chi connectivity index (χ3v) is 1.71. The van der Waals surface area contributed by atoms with Gasteiger partial charge in [-0.3, -0.25) is 0 Å². The molecule has 0 amide bonds. The van der Waals surface area contributed by atoms with Gasteiger partial charge in [0.2, 0.25) is 0 Å².